The predicted octanol–water partition coefficient (Wildman–Crippen LogP) is 3.67. The maximum absolute atomic E-state index is 12.6. The van der Waals surface area contributed by atoms with Gasteiger partial charge in [0.05, 0.1) is 16.9 Å². The third-order valence-corrected chi connectivity index (χ3v) is 5.15. The van der Waals surface area contributed by atoms with Gasteiger partial charge in [-0.2, -0.15) is 5.10 Å². The lowest BCUT2D eigenvalue weighted by Crippen LogP contribution is -2.51. The van der Waals surface area contributed by atoms with Crippen LogP contribution in [0.15, 0.2) is 61.1 Å². The number of rotatable bonds is 5. The first-order valence-electron chi connectivity index (χ1n) is 9.27. The number of benzene rings is 1. The number of carbonyl (C=O) groups is 1. The number of nitrogens with one attached hydrogen (secondary N) is 1. The molecule has 0 bridgehead atoms. The fourth-order valence-corrected chi connectivity index (χ4v) is 3.59. The van der Waals surface area contributed by atoms with Gasteiger partial charge >= 0.3 is 0 Å². The third-order valence-electron chi connectivity index (χ3n) is 5.15. The molecule has 3 N–H and O–H groups in total. The van der Waals surface area contributed by atoms with Crippen LogP contribution in [0, 0.1) is 0 Å². The van der Waals surface area contributed by atoms with Crippen LogP contribution >= 0.6 is 24.8 Å². The highest BCUT2D eigenvalue weighted by Crippen LogP contribution is 2.28. The lowest BCUT2D eigenvalue weighted by molar-refractivity contribution is -0.126. The number of aromatic nitrogens is 3. The highest BCUT2D eigenvalue weighted by Gasteiger charge is 2.36. The molecule has 6 nitrogen and oxygen atoms in total. The van der Waals surface area contributed by atoms with Crippen LogP contribution in [0.3, 0.4) is 0 Å². The number of pyridine rings is 1. The normalized spacial score (nSPS) is 14.5. The fourth-order valence-electron chi connectivity index (χ4n) is 3.59. The van der Waals surface area contributed by atoms with Crippen molar-refractivity contribution >= 4 is 30.7 Å². The Balaban J connectivity index is 0.00000150. The first kappa shape index (κ1) is 22.9. The summed E-state index contributed by atoms with van der Waals surface area (Å²) in [5.41, 5.74) is 9.25. The van der Waals surface area contributed by atoms with Gasteiger partial charge in [0.25, 0.3) is 0 Å². The summed E-state index contributed by atoms with van der Waals surface area (Å²) in [5.74, 6) is -0.0758. The minimum atomic E-state index is -0.730. The van der Waals surface area contributed by atoms with Crippen LogP contribution in [-0.2, 0) is 11.3 Å². The van der Waals surface area contributed by atoms with Crippen molar-refractivity contribution in [3.8, 4) is 16.9 Å². The van der Waals surface area contributed by atoms with Crippen molar-refractivity contribution in [2.75, 3.05) is 0 Å². The number of hydrogen-bond acceptors (Lipinski definition) is 4. The molecule has 0 atom stereocenters. The summed E-state index contributed by atoms with van der Waals surface area (Å²) in [6.07, 6.45) is 8.97. The molecule has 1 amide bonds. The van der Waals surface area contributed by atoms with Gasteiger partial charge < -0.3 is 11.1 Å². The lowest BCUT2D eigenvalue weighted by atomic mass is 9.98. The van der Waals surface area contributed by atoms with E-state index in [9.17, 15) is 4.79 Å². The molecular formula is C21H25Cl2N5O. The second-order valence-corrected chi connectivity index (χ2v) is 7.06. The van der Waals surface area contributed by atoms with Gasteiger partial charge in [-0.3, -0.25) is 9.78 Å². The second-order valence-electron chi connectivity index (χ2n) is 7.06. The van der Waals surface area contributed by atoms with Crippen molar-refractivity contribution in [1.29, 1.82) is 0 Å². The molecule has 3 aromatic rings. The van der Waals surface area contributed by atoms with Crippen LogP contribution in [0.2, 0.25) is 0 Å². The number of hydrogen-bond donors (Lipinski definition) is 2. The van der Waals surface area contributed by atoms with E-state index in [0.717, 1.165) is 48.2 Å². The molecule has 4 rings (SSSR count). The van der Waals surface area contributed by atoms with Crippen molar-refractivity contribution in [2.45, 2.75) is 37.8 Å². The van der Waals surface area contributed by atoms with Crippen LogP contribution in [0.5, 0.6) is 0 Å². The monoisotopic (exact) mass is 433 g/mol. The zero-order chi connectivity index (χ0) is 18.7. The quantitative estimate of drug-likeness (QED) is 0.642. The van der Waals surface area contributed by atoms with Crippen LogP contribution < -0.4 is 11.1 Å². The van der Waals surface area contributed by atoms with E-state index in [0.29, 0.717) is 6.54 Å². The maximum Gasteiger partial charge on any atom is 0.240 e. The number of carbonyl (C=O) groups excluding carboxylic acids is 1. The van der Waals surface area contributed by atoms with Crippen molar-refractivity contribution in [3.05, 3.63) is 66.6 Å². The Morgan fingerprint density at radius 2 is 1.72 bits per heavy atom. The molecule has 1 aromatic carbocycles. The summed E-state index contributed by atoms with van der Waals surface area (Å²) in [4.78, 5) is 16.7. The largest absolute Gasteiger partial charge is 0.350 e. The standard InChI is InChI=1S/C21H23N5O.2ClH/c22-21(10-4-5-11-21)20(27)24-14-17-15-26(18-6-2-1-3-7-18)25-19(17)16-8-12-23-13-9-16;;/h1-3,6-9,12-13,15H,4-5,10-11,14,22H2,(H,24,27);2*1H. The highest BCUT2D eigenvalue weighted by atomic mass is 35.5. The van der Waals surface area contributed by atoms with Gasteiger partial charge in [-0.1, -0.05) is 31.0 Å². The Morgan fingerprint density at radius 1 is 1.07 bits per heavy atom. The smallest absolute Gasteiger partial charge is 0.240 e. The number of para-hydroxylation sites is 1. The predicted molar refractivity (Wildman–Crippen MR) is 119 cm³/mol. The molecule has 2 heterocycles. The third kappa shape index (κ3) is 4.96. The van der Waals surface area contributed by atoms with Gasteiger partial charge in [-0.15, -0.1) is 24.8 Å². The SMILES string of the molecule is Cl.Cl.NC1(C(=O)NCc2cn(-c3ccccc3)nc2-c2ccncc2)CCCC1. The maximum atomic E-state index is 12.6. The molecule has 0 spiro atoms. The van der Waals surface area contributed by atoms with Crippen molar-refractivity contribution in [3.63, 3.8) is 0 Å². The molecule has 1 saturated carbocycles. The van der Waals surface area contributed by atoms with E-state index >= 15 is 0 Å². The Hall–Kier alpha value is -2.41. The minimum Gasteiger partial charge on any atom is -0.350 e. The van der Waals surface area contributed by atoms with E-state index in [4.69, 9.17) is 10.8 Å². The van der Waals surface area contributed by atoms with Gasteiger partial charge in [0, 0.05) is 36.3 Å². The molecule has 29 heavy (non-hydrogen) atoms. The summed E-state index contributed by atoms with van der Waals surface area (Å²) in [6.45, 7) is 0.391. The number of halogens is 2. The number of nitrogens with two attached hydrogens (primary N) is 1. The van der Waals surface area contributed by atoms with Crippen molar-refractivity contribution in [2.24, 2.45) is 5.73 Å². The molecule has 2 aromatic heterocycles. The molecule has 0 radical (unpaired) electrons. The Kier molecular flexibility index (Phi) is 7.79. The summed E-state index contributed by atoms with van der Waals surface area (Å²) in [7, 11) is 0. The van der Waals surface area contributed by atoms with E-state index in [1.807, 2.05) is 53.3 Å². The van der Waals surface area contributed by atoms with Crippen LogP contribution in [0.25, 0.3) is 16.9 Å². The van der Waals surface area contributed by atoms with E-state index in [1.165, 1.54) is 0 Å². The molecule has 1 aliphatic rings. The van der Waals surface area contributed by atoms with Gasteiger partial charge in [0.1, 0.15) is 0 Å². The Morgan fingerprint density at radius 3 is 2.38 bits per heavy atom. The molecular weight excluding hydrogens is 409 g/mol. The van der Waals surface area contributed by atoms with Crippen LogP contribution in [0.1, 0.15) is 31.2 Å². The molecule has 8 heteroatoms. The zero-order valence-electron chi connectivity index (χ0n) is 16.0. The van der Waals surface area contributed by atoms with E-state index in [2.05, 4.69) is 10.3 Å². The van der Waals surface area contributed by atoms with Crippen molar-refractivity contribution in [1.82, 2.24) is 20.1 Å². The van der Waals surface area contributed by atoms with Crippen LogP contribution in [-0.4, -0.2) is 26.2 Å². The van der Waals surface area contributed by atoms with E-state index in [1.54, 1.807) is 12.4 Å². The van der Waals surface area contributed by atoms with Crippen molar-refractivity contribution < 1.29 is 4.79 Å². The van der Waals surface area contributed by atoms with Gasteiger partial charge in [-0.05, 0) is 37.1 Å². The molecule has 154 valence electrons. The highest BCUT2D eigenvalue weighted by molar-refractivity contribution is 5.86. The summed E-state index contributed by atoms with van der Waals surface area (Å²) in [6, 6.07) is 13.8. The average Bonchev–Trinajstić information content (AvgIpc) is 3.35. The summed E-state index contributed by atoms with van der Waals surface area (Å²) < 4.78 is 1.84. The minimum absolute atomic E-state index is 0. The number of amides is 1. The van der Waals surface area contributed by atoms with Gasteiger partial charge in [-0.25, -0.2) is 4.68 Å². The lowest BCUT2D eigenvalue weighted by Gasteiger charge is -2.22. The second kappa shape index (κ2) is 9.87. The number of nitrogens with zero attached hydrogens (tertiary/aromatic N) is 3. The summed E-state index contributed by atoms with van der Waals surface area (Å²) in [5, 5.41) is 7.77. The first-order valence-corrected chi connectivity index (χ1v) is 9.27. The van der Waals surface area contributed by atoms with Gasteiger partial charge in [0.15, 0.2) is 0 Å². The molecule has 0 unspecified atom stereocenters. The molecule has 1 fully saturated rings. The molecule has 0 aliphatic heterocycles. The molecule has 0 saturated heterocycles. The first-order chi connectivity index (χ1) is 13.2. The van der Waals surface area contributed by atoms with Crippen LogP contribution in [0.4, 0.5) is 0 Å². The Bertz CT molecular complexity index is 925. The Labute approximate surface area is 182 Å². The average molecular weight is 434 g/mol. The summed E-state index contributed by atoms with van der Waals surface area (Å²) >= 11 is 0. The topological polar surface area (TPSA) is 85.8 Å². The van der Waals surface area contributed by atoms with Gasteiger partial charge in [0.2, 0.25) is 5.91 Å². The van der Waals surface area contributed by atoms with E-state index in [-0.39, 0.29) is 30.7 Å². The molecule has 1 aliphatic carbocycles. The fraction of sp³-hybridized carbons (Fsp3) is 0.286. The van der Waals surface area contributed by atoms with E-state index < -0.39 is 5.54 Å². The zero-order valence-corrected chi connectivity index (χ0v) is 17.6.